The van der Waals surface area contributed by atoms with Crippen LogP contribution in [0.25, 0.3) is 0 Å². The molecule has 3 nitrogen and oxygen atoms in total. The summed E-state index contributed by atoms with van der Waals surface area (Å²) in [5.74, 6) is -50.0. The molecule has 0 bridgehead atoms. The Morgan fingerprint density at radius 3 is 0.964 bits per heavy atom. The first kappa shape index (κ1) is 28.5. The van der Waals surface area contributed by atoms with E-state index >= 15 is 0 Å². The van der Waals surface area contributed by atoms with Crippen molar-refractivity contribution in [1.29, 1.82) is 0 Å². The summed E-state index contributed by atoms with van der Waals surface area (Å²) in [7, 11) is -8.70. The van der Waals surface area contributed by atoms with Crippen molar-refractivity contribution in [2.24, 2.45) is 0 Å². The Morgan fingerprint density at radius 1 is 0.571 bits per heavy atom. The zero-order chi connectivity index (χ0) is 22.5. The minimum absolute atomic E-state index is 0. The summed E-state index contributed by atoms with van der Waals surface area (Å²) < 4.78 is 218. The van der Waals surface area contributed by atoms with Crippen LogP contribution in [-0.4, -0.2) is 59.4 Å². The average molecular weight is 501 g/mol. The van der Waals surface area contributed by atoms with Crippen LogP contribution in [0, 0.1) is 0 Å². The Morgan fingerprint density at radius 2 is 0.786 bits per heavy atom. The molecule has 0 aliphatic heterocycles. The van der Waals surface area contributed by atoms with E-state index in [9.17, 15) is 74.3 Å². The van der Waals surface area contributed by atoms with E-state index in [1.165, 1.54) is 0 Å². The van der Waals surface area contributed by atoms with Crippen molar-refractivity contribution in [2.45, 2.75) is 46.5 Å². The first-order valence-electron chi connectivity index (χ1n) is 5.55. The van der Waals surface area contributed by atoms with Crippen LogP contribution in [0.2, 0.25) is 0 Å². The van der Waals surface area contributed by atoms with Gasteiger partial charge in [0.25, 0.3) is 10.1 Å². The van der Waals surface area contributed by atoms with E-state index in [2.05, 4.69) is 0 Å². The van der Waals surface area contributed by atoms with E-state index in [0.29, 0.717) is 0 Å². The molecular weight excluding hydrogens is 500 g/mol. The smallest absolute Gasteiger partial charge is 0.285 e. The summed E-state index contributed by atoms with van der Waals surface area (Å²) in [6, 6.07) is 0. The quantitative estimate of drug-likeness (QED) is 0.349. The minimum Gasteiger partial charge on any atom is -0.285 e. The monoisotopic (exact) mass is 501 g/mol. The van der Waals surface area contributed by atoms with Gasteiger partial charge in [0.15, 0.2) is 0 Å². The fourth-order valence-electron chi connectivity index (χ4n) is 2.31. The van der Waals surface area contributed by atoms with Crippen molar-refractivity contribution < 1.29 is 130 Å². The SMILES string of the molecule is O=S(=O)(O)C1(C(F)(F)C(F)(F)F)C(F)(F)C(F)(F)C(F)(F)C(F)(F)C1(F)F.[K+]. The fraction of sp³-hybridized carbons (Fsp3) is 1.00. The zero-order valence-electron chi connectivity index (χ0n) is 12.3. The third-order valence-corrected chi connectivity index (χ3v) is 5.19. The van der Waals surface area contributed by atoms with Crippen molar-refractivity contribution >= 4 is 10.1 Å². The number of halogens is 15. The maximum atomic E-state index is 13.6. The van der Waals surface area contributed by atoms with Gasteiger partial charge in [0.2, 0.25) is 0 Å². The average Bonchev–Trinajstić information content (AvgIpc) is 2.32. The number of alkyl halides is 15. The molecule has 0 radical (unpaired) electrons. The third-order valence-electron chi connectivity index (χ3n) is 3.65. The molecule has 0 amide bonds. The van der Waals surface area contributed by atoms with Gasteiger partial charge in [-0.25, -0.2) is 0 Å². The molecule has 0 unspecified atom stereocenters. The fourth-order valence-corrected chi connectivity index (χ4v) is 3.65. The molecule has 0 heterocycles. The molecule has 1 aliphatic carbocycles. The Kier molecular flexibility index (Phi) is 6.62. The molecule has 1 N–H and O–H groups in total. The normalized spacial score (nSPS) is 27.6. The van der Waals surface area contributed by atoms with Gasteiger partial charge < -0.3 is 0 Å². The van der Waals surface area contributed by atoms with Gasteiger partial charge in [-0.15, -0.1) is 0 Å². The van der Waals surface area contributed by atoms with E-state index in [1.807, 2.05) is 0 Å². The minimum atomic E-state index is -8.70. The Bertz CT molecular complexity index is 709. The number of hydrogen-bond acceptors (Lipinski definition) is 2. The van der Waals surface area contributed by atoms with E-state index in [0.717, 1.165) is 0 Å². The molecule has 1 rings (SSSR count). The van der Waals surface area contributed by atoms with Gasteiger partial charge in [-0.1, -0.05) is 0 Å². The second kappa shape index (κ2) is 6.50. The van der Waals surface area contributed by atoms with Crippen LogP contribution < -0.4 is 51.4 Å². The van der Waals surface area contributed by atoms with Crippen molar-refractivity contribution in [3.63, 3.8) is 0 Å². The molecule has 162 valence electrons. The second-order valence-electron chi connectivity index (χ2n) is 5.10. The molecule has 1 fully saturated rings. The Balaban J connectivity index is 0.00000729. The molecule has 28 heavy (non-hydrogen) atoms. The molecular formula is C8HF15KO3S+. The summed E-state index contributed by atoms with van der Waals surface area (Å²) in [6.45, 7) is 0. The number of hydrogen-bond donors (Lipinski definition) is 1. The summed E-state index contributed by atoms with van der Waals surface area (Å²) in [4.78, 5) is 0. The van der Waals surface area contributed by atoms with E-state index in [1.54, 1.807) is 0 Å². The van der Waals surface area contributed by atoms with Crippen LogP contribution in [0.3, 0.4) is 0 Å². The van der Waals surface area contributed by atoms with E-state index in [-0.39, 0.29) is 51.4 Å². The van der Waals surface area contributed by atoms with Crippen LogP contribution >= 0.6 is 0 Å². The summed E-state index contributed by atoms with van der Waals surface area (Å²) in [5.41, 5.74) is 0. The summed E-state index contributed by atoms with van der Waals surface area (Å²) in [5, 5.41) is 0. The first-order valence-corrected chi connectivity index (χ1v) is 6.99. The van der Waals surface area contributed by atoms with E-state index < -0.39 is 56.6 Å². The largest absolute Gasteiger partial charge is 1.00 e. The summed E-state index contributed by atoms with van der Waals surface area (Å²) in [6.07, 6.45) is -8.05. The Labute approximate surface area is 185 Å². The predicted octanol–water partition coefficient (Wildman–Crippen LogP) is 1.00. The maximum absolute atomic E-state index is 13.6. The van der Waals surface area contributed by atoms with Gasteiger partial charge in [-0.2, -0.15) is 74.3 Å². The topological polar surface area (TPSA) is 54.4 Å². The van der Waals surface area contributed by atoms with Gasteiger partial charge >= 0.3 is 97.8 Å². The van der Waals surface area contributed by atoms with Gasteiger partial charge in [0.1, 0.15) is 0 Å². The molecule has 0 atom stereocenters. The van der Waals surface area contributed by atoms with Gasteiger partial charge in [0, 0.05) is 0 Å². The zero-order valence-corrected chi connectivity index (χ0v) is 16.3. The number of rotatable bonds is 2. The van der Waals surface area contributed by atoms with Crippen LogP contribution in [0.15, 0.2) is 0 Å². The molecule has 1 aliphatic rings. The second-order valence-corrected chi connectivity index (χ2v) is 6.66. The van der Waals surface area contributed by atoms with Crippen molar-refractivity contribution in [3.05, 3.63) is 0 Å². The van der Waals surface area contributed by atoms with Crippen LogP contribution in [0.5, 0.6) is 0 Å². The molecule has 0 aromatic rings. The van der Waals surface area contributed by atoms with Crippen LogP contribution in [-0.2, 0) is 10.1 Å². The van der Waals surface area contributed by atoms with Crippen molar-refractivity contribution in [2.75, 3.05) is 0 Å². The molecule has 1 saturated carbocycles. The van der Waals surface area contributed by atoms with Gasteiger partial charge in [-0.3, -0.25) is 4.55 Å². The molecule has 20 heteroatoms. The predicted molar refractivity (Wildman–Crippen MR) is 50.0 cm³/mol. The molecule has 0 aromatic carbocycles. The van der Waals surface area contributed by atoms with Gasteiger partial charge in [0.05, 0.1) is 0 Å². The maximum Gasteiger partial charge on any atom is 1.00 e. The van der Waals surface area contributed by atoms with Crippen molar-refractivity contribution in [3.8, 4) is 0 Å². The molecule has 0 aromatic heterocycles. The standard InChI is InChI=1S/C8HF15O3S.K/c9-2(10)1(27(24,25)26,4(13,14)8(21,22)23)3(11,12)6(17,18)7(19,20)5(2,15)16;/h(H,24,25,26);/q;+1. The summed E-state index contributed by atoms with van der Waals surface area (Å²) >= 11 is 0. The van der Waals surface area contributed by atoms with Crippen LogP contribution in [0.4, 0.5) is 65.9 Å². The molecule has 0 saturated heterocycles. The third kappa shape index (κ3) is 2.59. The van der Waals surface area contributed by atoms with Gasteiger partial charge in [-0.05, 0) is 0 Å². The molecule has 0 spiro atoms. The first-order chi connectivity index (χ1) is 11.2. The van der Waals surface area contributed by atoms with Crippen LogP contribution in [0.1, 0.15) is 0 Å². The Hall–Kier alpha value is 0.496. The van der Waals surface area contributed by atoms with E-state index in [4.69, 9.17) is 4.55 Å². The van der Waals surface area contributed by atoms with Crippen molar-refractivity contribution in [1.82, 2.24) is 0 Å².